The van der Waals surface area contributed by atoms with Crippen LogP contribution in [0.5, 0.6) is 0 Å². The normalized spacial score (nSPS) is 17.2. The number of ether oxygens (including phenoxy) is 2. The van der Waals surface area contributed by atoms with Crippen LogP contribution in [0.4, 0.5) is 0 Å². The molecule has 0 spiro atoms. The van der Waals surface area contributed by atoms with Gasteiger partial charge in [0.1, 0.15) is 12.6 Å². The minimum Gasteiger partial charge on any atom is -0.468 e. The lowest BCUT2D eigenvalue weighted by Gasteiger charge is -2.49. The Hall–Kier alpha value is -5.55. The van der Waals surface area contributed by atoms with Crippen molar-refractivity contribution in [3.63, 3.8) is 0 Å². The summed E-state index contributed by atoms with van der Waals surface area (Å²) >= 11 is 0. The minimum atomic E-state index is -4.64. The molecule has 4 atom stereocenters. The number of hydrogen-bond donors (Lipinski definition) is 1. The van der Waals surface area contributed by atoms with E-state index >= 15 is 0 Å². The van der Waals surface area contributed by atoms with Crippen molar-refractivity contribution in [2.75, 3.05) is 7.11 Å². The van der Waals surface area contributed by atoms with Crippen LogP contribution >= 0.6 is 0 Å². The molecular weight excluding hydrogens is 632 g/mol. The van der Waals surface area contributed by atoms with E-state index in [2.05, 4.69) is 5.32 Å². The first kappa shape index (κ1) is 33.8. The molecule has 11 heteroatoms. The molecule has 246 valence electrons. The Labute approximate surface area is 278 Å². The summed E-state index contributed by atoms with van der Waals surface area (Å²) in [6.07, 6.45) is 3.26. The number of benzene rings is 4. The molecule has 2 amide bonds. The summed E-state index contributed by atoms with van der Waals surface area (Å²) in [6, 6.07) is 29.6. The maximum absolute atomic E-state index is 14.1. The van der Waals surface area contributed by atoms with Gasteiger partial charge in [-0.05, 0) is 28.8 Å². The molecule has 0 aromatic heterocycles. The predicted molar refractivity (Wildman–Crippen MR) is 178 cm³/mol. The third-order valence-electron chi connectivity index (χ3n) is 7.88. The molecule has 0 aliphatic carbocycles. The van der Waals surface area contributed by atoms with E-state index in [1.807, 2.05) is 36.4 Å². The second kappa shape index (κ2) is 15.4. The Kier molecular flexibility index (Phi) is 10.8. The van der Waals surface area contributed by atoms with E-state index in [4.69, 9.17) is 9.47 Å². The first-order chi connectivity index (χ1) is 23.2. The van der Waals surface area contributed by atoms with Crippen LogP contribution in [0.15, 0.2) is 132 Å². The summed E-state index contributed by atoms with van der Waals surface area (Å²) in [4.78, 5) is 55.3. The van der Waals surface area contributed by atoms with Gasteiger partial charge in [0.15, 0.2) is 21.1 Å². The van der Waals surface area contributed by atoms with Gasteiger partial charge in [-0.15, -0.1) is 0 Å². The standard InChI is InChI=1S/C37H34N2O8S/c1-46-37(43)34(48(44,45)29-20-12-5-13-21-29)33(36(42)47-25-28-18-10-4-11-19-28)39-30(23-22-26-14-6-2-7-15-26)32(35(39)41)38-31(40)24-27-16-8-3-9-17-27/h2-23,30,32-34H,24-25H2,1H3,(H,38,40)/b23-22+/t30-,32+,33?,34?/m1/s1. The zero-order valence-electron chi connectivity index (χ0n) is 26.0. The fraction of sp³-hybridized carbons (Fsp3) is 0.189. The van der Waals surface area contributed by atoms with Crippen molar-refractivity contribution >= 4 is 39.7 Å². The summed E-state index contributed by atoms with van der Waals surface area (Å²) < 4.78 is 38.8. The van der Waals surface area contributed by atoms with E-state index in [0.717, 1.165) is 23.1 Å². The highest BCUT2D eigenvalue weighted by Crippen LogP contribution is 2.32. The van der Waals surface area contributed by atoms with Crippen LogP contribution in [0.1, 0.15) is 16.7 Å². The van der Waals surface area contributed by atoms with Crippen LogP contribution < -0.4 is 5.32 Å². The van der Waals surface area contributed by atoms with Gasteiger partial charge in [0.05, 0.1) is 24.5 Å². The number of nitrogens with one attached hydrogen (secondary N) is 1. The van der Waals surface area contributed by atoms with Crippen molar-refractivity contribution in [3.05, 3.63) is 144 Å². The van der Waals surface area contributed by atoms with Crippen LogP contribution in [-0.2, 0) is 51.5 Å². The fourth-order valence-electron chi connectivity index (χ4n) is 5.48. The van der Waals surface area contributed by atoms with E-state index in [1.165, 1.54) is 24.3 Å². The summed E-state index contributed by atoms with van der Waals surface area (Å²) in [7, 11) is -3.64. The van der Waals surface area contributed by atoms with Crippen molar-refractivity contribution in [1.29, 1.82) is 0 Å². The Morgan fingerprint density at radius 3 is 1.92 bits per heavy atom. The molecule has 48 heavy (non-hydrogen) atoms. The Morgan fingerprint density at radius 2 is 1.33 bits per heavy atom. The molecule has 0 bridgehead atoms. The van der Waals surface area contributed by atoms with Crippen molar-refractivity contribution in [1.82, 2.24) is 10.2 Å². The number of carbonyl (C=O) groups is 4. The van der Waals surface area contributed by atoms with Crippen LogP contribution in [-0.4, -0.2) is 67.6 Å². The molecule has 5 rings (SSSR count). The monoisotopic (exact) mass is 666 g/mol. The second-order valence-electron chi connectivity index (χ2n) is 11.1. The molecular formula is C37H34N2O8S. The lowest BCUT2D eigenvalue weighted by molar-refractivity contribution is -0.170. The first-order valence-electron chi connectivity index (χ1n) is 15.2. The molecule has 4 aromatic rings. The summed E-state index contributed by atoms with van der Waals surface area (Å²) in [5.41, 5.74) is 2.07. The van der Waals surface area contributed by atoms with E-state index < -0.39 is 57.0 Å². The van der Waals surface area contributed by atoms with Crippen molar-refractivity contribution in [2.45, 2.75) is 41.3 Å². The number of amides is 2. The number of hydrogen-bond acceptors (Lipinski definition) is 8. The lowest BCUT2D eigenvalue weighted by atomic mass is 9.89. The Morgan fingerprint density at radius 1 is 0.792 bits per heavy atom. The molecule has 0 saturated carbocycles. The molecule has 0 radical (unpaired) electrons. The van der Waals surface area contributed by atoms with Crippen LogP contribution in [0, 0.1) is 0 Å². The maximum atomic E-state index is 14.1. The fourth-order valence-corrected chi connectivity index (χ4v) is 7.24. The number of rotatable bonds is 13. The second-order valence-corrected chi connectivity index (χ2v) is 13.1. The highest BCUT2D eigenvalue weighted by molar-refractivity contribution is 7.93. The highest BCUT2D eigenvalue weighted by Gasteiger charge is 2.59. The van der Waals surface area contributed by atoms with E-state index in [9.17, 15) is 27.6 Å². The Balaban J connectivity index is 1.56. The SMILES string of the molecule is COC(=O)C(C(C(=O)OCc1ccccc1)N1C(=O)[C@@H](NC(=O)Cc2ccccc2)[C@H]1/C=C/c1ccccc1)S(=O)(=O)c1ccccc1. The first-order valence-corrected chi connectivity index (χ1v) is 16.7. The average molecular weight is 667 g/mol. The van der Waals surface area contributed by atoms with Gasteiger partial charge in [0.25, 0.3) is 0 Å². The van der Waals surface area contributed by atoms with E-state index in [-0.39, 0.29) is 17.9 Å². The molecule has 4 aromatic carbocycles. The number of nitrogens with zero attached hydrogens (tertiary/aromatic N) is 1. The van der Waals surface area contributed by atoms with Crippen LogP contribution in [0.3, 0.4) is 0 Å². The molecule has 1 aliphatic heterocycles. The highest BCUT2D eigenvalue weighted by atomic mass is 32.2. The summed E-state index contributed by atoms with van der Waals surface area (Å²) in [5, 5.41) is 0.547. The third-order valence-corrected chi connectivity index (χ3v) is 9.93. The zero-order valence-corrected chi connectivity index (χ0v) is 26.9. The number of likely N-dealkylation sites (tertiary alicyclic amines) is 1. The predicted octanol–water partition coefficient (Wildman–Crippen LogP) is 3.77. The third kappa shape index (κ3) is 7.69. The number of β-lactam (4-membered cyclic amide) rings is 1. The number of methoxy groups -OCH3 is 1. The quantitative estimate of drug-likeness (QED) is 0.168. The number of sulfone groups is 1. The zero-order chi connectivity index (χ0) is 34.1. The maximum Gasteiger partial charge on any atom is 0.331 e. The molecule has 1 aliphatic rings. The van der Waals surface area contributed by atoms with Gasteiger partial charge in [-0.25, -0.2) is 13.2 Å². The van der Waals surface area contributed by atoms with Gasteiger partial charge < -0.3 is 19.7 Å². The van der Waals surface area contributed by atoms with Crippen LogP contribution in [0.2, 0.25) is 0 Å². The largest absolute Gasteiger partial charge is 0.468 e. The van der Waals surface area contributed by atoms with Gasteiger partial charge >= 0.3 is 11.9 Å². The molecule has 1 saturated heterocycles. The summed E-state index contributed by atoms with van der Waals surface area (Å²) in [6.45, 7) is -0.251. The number of esters is 2. The van der Waals surface area contributed by atoms with Gasteiger partial charge in [0.2, 0.25) is 11.8 Å². The molecule has 2 unspecified atom stereocenters. The van der Waals surface area contributed by atoms with Crippen LogP contribution in [0.25, 0.3) is 6.08 Å². The smallest absolute Gasteiger partial charge is 0.331 e. The van der Waals surface area contributed by atoms with Gasteiger partial charge in [0, 0.05) is 0 Å². The van der Waals surface area contributed by atoms with Crippen molar-refractivity contribution < 1.29 is 37.1 Å². The minimum absolute atomic E-state index is 0.0184. The number of carbonyl (C=O) groups excluding carboxylic acids is 4. The summed E-state index contributed by atoms with van der Waals surface area (Å²) in [5.74, 6) is -3.61. The molecule has 1 heterocycles. The molecule has 1 fully saturated rings. The Bertz CT molecular complexity index is 1870. The van der Waals surface area contributed by atoms with Crippen molar-refractivity contribution in [2.24, 2.45) is 0 Å². The molecule has 1 N–H and O–H groups in total. The average Bonchev–Trinajstić information content (AvgIpc) is 3.12. The lowest BCUT2D eigenvalue weighted by Crippen LogP contribution is -2.76. The van der Waals surface area contributed by atoms with Gasteiger partial charge in [-0.3, -0.25) is 14.4 Å². The molecule has 10 nitrogen and oxygen atoms in total. The van der Waals surface area contributed by atoms with Gasteiger partial charge in [-0.1, -0.05) is 121 Å². The van der Waals surface area contributed by atoms with E-state index in [1.54, 1.807) is 72.8 Å². The van der Waals surface area contributed by atoms with Crippen molar-refractivity contribution in [3.8, 4) is 0 Å². The van der Waals surface area contributed by atoms with E-state index in [0.29, 0.717) is 5.56 Å². The topological polar surface area (TPSA) is 136 Å². The van der Waals surface area contributed by atoms with Gasteiger partial charge in [-0.2, -0.15) is 0 Å².